The van der Waals surface area contributed by atoms with E-state index in [1.807, 2.05) is 102 Å². The van der Waals surface area contributed by atoms with Crippen LogP contribution in [-0.4, -0.2) is 70.1 Å². The first-order valence-corrected chi connectivity index (χ1v) is 15.4. The van der Waals surface area contributed by atoms with E-state index in [0.29, 0.717) is 31.6 Å². The van der Waals surface area contributed by atoms with Gasteiger partial charge < -0.3 is 14.8 Å². The van der Waals surface area contributed by atoms with Crippen molar-refractivity contribution in [2.24, 2.45) is 0 Å². The van der Waals surface area contributed by atoms with Gasteiger partial charge in [-0.3, -0.25) is 19.4 Å². The van der Waals surface area contributed by atoms with Crippen LogP contribution >= 0.6 is 0 Å². The SMILES string of the molecule is CC(C)(C)OC(=O)N1CCC[C@@H]1C(=O)Nc1ccc(/C=C/c2ccc(CC(=O)[C@@H]3CCCN3C(=O)OC(C)(C)C)cc2)cc1. The molecule has 2 aromatic rings. The minimum absolute atomic E-state index is 0.0225. The maximum atomic E-state index is 13.0. The number of benzene rings is 2. The Hall–Kier alpha value is -4.14. The van der Waals surface area contributed by atoms with Gasteiger partial charge in [0.15, 0.2) is 5.78 Å². The quantitative estimate of drug-likeness (QED) is 0.353. The molecule has 3 amide bonds. The Balaban J connectivity index is 1.29. The number of hydrogen-bond donors (Lipinski definition) is 1. The van der Waals surface area contributed by atoms with Crippen LogP contribution in [0.15, 0.2) is 48.5 Å². The van der Waals surface area contributed by atoms with Crippen molar-refractivity contribution in [2.45, 2.75) is 96.9 Å². The highest BCUT2D eigenvalue weighted by atomic mass is 16.6. The molecule has 2 heterocycles. The second kappa shape index (κ2) is 13.7. The standard InChI is InChI=1S/C35H45N3O6/c1-34(2,3)43-32(41)37-21-7-9-28(37)30(39)23-26-15-13-24(14-16-26)11-12-25-17-19-27(20-18-25)36-31(40)29-10-8-22-38(29)33(42)44-35(4,5)6/h11-20,28-29H,7-10,21-23H2,1-6H3,(H,36,40)/b12-11+/t28-,29+/m0/s1. The summed E-state index contributed by atoms with van der Waals surface area (Å²) in [5.41, 5.74) is 2.28. The van der Waals surface area contributed by atoms with Crippen molar-refractivity contribution < 1.29 is 28.7 Å². The van der Waals surface area contributed by atoms with Crippen LogP contribution in [0.4, 0.5) is 15.3 Å². The van der Waals surface area contributed by atoms with Gasteiger partial charge in [0, 0.05) is 25.2 Å². The summed E-state index contributed by atoms with van der Waals surface area (Å²) in [6.45, 7) is 11.9. The highest BCUT2D eigenvalue weighted by molar-refractivity contribution is 5.97. The molecule has 2 aliphatic heterocycles. The van der Waals surface area contributed by atoms with E-state index in [1.165, 1.54) is 4.90 Å². The Morgan fingerprint density at radius 3 is 1.68 bits per heavy atom. The lowest BCUT2D eigenvalue weighted by Crippen LogP contribution is -2.45. The maximum Gasteiger partial charge on any atom is 0.410 e. The number of nitrogens with zero attached hydrogens (tertiary/aromatic N) is 2. The van der Waals surface area contributed by atoms with E-state index in [0.717, 1.165) is 29.5 Å². The molecule has 1 N–H and O–H groups in total. The summed E-state index contributed by atoms with van der Waals surface area (Å²) >= 11 is 0. The minimum Gasteiger partial charge on any atom is -0.444 e. The summed E-state index contributed by atoms with van der Waals surface area (Å²) < 4.78 is 11.0. The summed E-state index contributed by atoms with van der Waals surface area (Å²) in [5, 5.41) is 2.92. The molecule has 0 unspecified atom stereocenters. The number of nitrogens with one attached hydrogen (secondary N) is 1. The molecule has 0 radical (unpaired) electrons. The molecule has 9 nitrogen and oxygen atoms in total. The molecular formula is C35H45N3O6. The van der Waals surface area contributed by atoms with Gasteiger partial charge >= 0.3 is 12.2 Å². The van der Waals surface area contributed by atoms with Crippen molar-refractivity contribution in [3.8, 4) is 0 Å². The number of amides is 3. The molecule has 0 aromatic heterocycles. The van der Waals surface area contributed by atoms with E-state index < -0.39 is 35.5 Å². The third kappa shape index (κ3) is 9.18. The molecule has 9 heteroatoms. The molecule has 0 aliphatic carbocycles. The fourth-order valence-electron chi connectivity index (χ4n) is 5.38. The molecule has 2 atom stereocenters. The highest BCUT2D eigenvalue weighted by Crippen LogP contribution is 2.24. The molecule has 0 bridgehead atoms. The van der Waals surface area contributed by atoms with Gasteiger partial charge in [-0.15, -0.1) is 0 Å². The van der Waals surface area contributed by atoms with Gasteiger partial charge in [-0.25, -0.2) is 9.59 Å². The second-order valence-corrected chi connectivity index (χ2v) is 13.5. The van der Waals surface area contributed by atoms with Crippen LogP contribution in [0, 0.1) is 0 Å². The summed E-state index contributed by atoms with van der Waals surface area (Å²) in [5.74, 6) is -0.199. The minimum atomic E-state index is -0.618. The Morgan fingerprint density at radius 2 is 1.18 bits per heavy atom. The smallest absolute Gasteiger partial charge is 0.410 e. The molecule has 2 fully saturated rings. The molecule has 2 aromatic carbocycles. The lowest BCUT2D eigenvalue weighted by atomic mass is 10.0. The normalized spacial score (nSPS) is 18.9. The van der Waals surface area contributed by atoms with Crippen LogP contribution in [0.3, 0.4) is 0 Å². The van der Waals surface area contributed by atoms with Crippen LogP contribution in [-0.2, 0) is 25.5 Å². The van der Waals surface area contributed by atoms with Crippen molar-refractivity contribution in [2.75, 3.05) is 18.4 Å². The first-order chi connectivity index (χ1) is 20.7. The van der Waals surface area contributed by atoms with Crippen LogP contribution in [0.25, 0.3) is 12.2 Å². The number of rotatable bonds is 7. The fraction of sp³-hybridized carbons (Fsp3) is 0.486. The predicted molar refractivity (Wildman–Crippen MR) is 171 cm³/mol. The first kappa shape index (κ1) is 32.8. The van der Waals surface area contributed by atoms with Crippen molar-refractivity contribution >= 4 is 41.7 Å². The van der Waals surface area contributed by atoms with Gasteiger partial charge in [-0.05, 0) is 96.0 Å². The van der Waals surface area contributed by atoms with Crippen molar-refractivity contribution in [3.05, 3.63) is 65.2 Å². The van der Waals surface area contributed by atoms with Gasteiger partial charge in [-0.1, -0.05) is 48.6 Å². The van der Waals surface area contributed by atoms with Crippen molar-refractivity contribution in [1.82, 2.24) is 9.80 Å². The number of Topliss-reactive ketones (excluding diaryl/α,β-unsaturated/α-hetero) is 1. The van der Waals surface area contributed by atoms with Gasteiger partial charge in [0.05, 0.1) is 6.04 Å². The maximum absolute atomic E-state index is 13.0. The first-order valence-electron chi connectivity index (χ1n) is 15.4. The van der Waals surface area contributed by atoms with Crippen LogP contribution in [0.2, 0.25) is 0 Å². The van der Waals surface area contributed by atoms with E-state index in [-0.39, 0.29) is 18.1 Å². The number of likely N-dealkylation sites (tertiary alicyclic amines) is 2. The summed E-state index contributed by atoms with van der Waals surface area (Å²) in [6, 6.07) is 14.3. The lowest BCUT2D eigenvalue weighted by Gasteiger charge is -2.28. The molecule has 0 saturated carbocycles. The van der Waals surface area contributed by atoms with Gasteiger partial charge in [0.25, 0.3) is 0 Å². The third-order valence-electron chi connectivity index (χ3n) is 7.44. The largest absolute Gasteiger partial charge is 0.444 e. The summed E-state index contributed by atoms with van der Waals surface area (Å²) in [7, 11) is 0. The zero-order valence-corrected chi connectivity index (χ0v) is 26.7. The predicted octanol–water partition coefficient (Wildman–Crippen LogP) is 6.71. The summed E-state index contributed by atoms with van der Waals surface area (Å²) in [4.78, 5) is 54.2. The van der Waals surface area contributed by atoms with Crippen molar-refractivity contribution in [3.63, 3.8) is 0 Å². The van der Waals surface area contributed by atoms with E-state index in [4.69, 9.17) is 9.47 Å². The van der Waals surface area contributed by atoms with E-state index in [1.54, 1.807) is 4.90 Å². The van der Waals surface area contributed by atoms with Crippen LogP contribution in [0.5, 0.6) is 0 Å². The van der Waals surface area contributed by atoms with Crippen molar-refractivity contribution in [1.29, 1.82) is 0 Å². The zero-order valence-electron chi connectivity index (χ0n) is 26.7. The lowest BCUT2D eigenvalue weighted by molar-refractivity contribution is -0.122. The summed E-state index contributed by atoms with van der Waals surface area (Å²) in [6.07, 6.45) is 6.14. The number of hydrogen-bond acceptors (Lipinski definition) is 6. The van der Waals surface area contributed by atoms with E-state index >= 15 is 0 Å². The molecule has 2 aliphatic rings. The topological polar surface area (TPSA) is 105 Å². The van der Waals surface area contributed by atoms with Crippen LogP contribution < -0.4 is 5.32 Å². The number of ketones is 1. The molecule has 2 saturated heterocycles. The number of ether oxygens (including phenoxy) is 2. The Morgan fingerprint density at radius 1 is 0.727 bits per heavy atom. The van der Waals surface area contributed by atoms with Gasteiger partial charge in [0.1, 0.15) is 17.2 Å². The Kier molecular flexibility index (Phi) is 10.2. The zero-order chi connectivity index (χ0) is 32.1. The molecular weight excluding hydrogens is 558 g/mol. The molecule has 0 spiro atoms. The average molecular weight is 604 g/mol. The average Bonchev–Trinajstić information content (AvgIpc) is 3.62. The van der Waals surface area contributed by atoms with Gasteiger partial charge in [0.2, 0.25) is 5.91 Å². The number of anilines is 1. The third-order valence-corrected chi connectivity index (χ3v) is 7.44. The molecule has 236 valence electrons. The molecule has 44 heavy (non-hydrogen) atoms. The van der Waals surface area contributed by atoms with Crippen LogP contribution in [0.1, 0.15) is 83.9 Å². The Labute approximate surface area is 260 Å². The van der Waals surface area contributed by atoms with E-state index in [9.17, 15) is 19.2 Å². The van der Waals surface area contributed by atoms with E-state index in [2.05, 4.69) is 5.32 Å². The number of carbonyl (C=O) groups excluding carboxylic acids is 4. The fourth-order valence-corrected chi connectivity index (χ4v) is 5.38. The number of carbonyl (C=O) groups is 4. The second-order valence-electron chi connectivity index (χ2n) is 13.5. The monoisotopic (exact) mass is 603 g/mol. The Bertz CT molecular complexity index is 1260. The highest BCUT2D eigenvalue weighted by Gasteiger charge is 2.37. The molecule has 4 rings (SSSR count). The van der Waals surface area contributed by atoms with Gasteiger partial charge in [-0.2, -0.15) is 0 Å².